The molecule has 0 unspecified atom stereocenters. The van der Waals surface area contributed by atoms with Crippen molar-refractivity contribution in [3.05, 3.63) is 39.9 Å². The summed E-state index contributed by atoms with van der Waals surface area (Å²) in [6.45, 7) is 6.30. The minimum absolute atomic E-state index is 0.151. The van der Waals surface area contributed by atoms with Crippen LogP contribution in [0.15, 0.2) is 24.3 Å². The molecule has 0 heterocycles. The Balaban J connectivity index is 2.48. The van der Waals surface area contributed by atoms with E-state index in [2.05, 4.69) is 25.8 Å². The molecule has 0 saturated heterocycles. The second-order valence-electron chi connectivity index (χ2n) is 4.84. The van der Waals surface area contributed by atoms with Gasteiger partial charge in [0, 0.05) is 18.7 Å². The normalized spacial score (nSPS) is 11.1. The van der Waals surface area contributed by atoms with Crippen LogP contribution in [0.25, 0.3) is 0 Å². The first-order valence-electron chi connectivity index (χ1n) is 5.91. The highest BCUT2D eigenvalue weighted by Gasteiger charge is 2.06. The van der Waals surface area contributed by atoms with E-state index < -0.39 is 0 Å². The van der Waals surface area contributed by atoms with E-state index in [0.717, 1.165) is 18.7 Å². The van der Waals surface area contributed by atoms with E-state index in [-0.39, 0.29) is 10.6 Å². The minimum Gasteiger partial charge on any atom is -0.302 e. The van der Waals surface area contributed by atoms with Crippen LogP contribution >= 0.6 is 0 Å². The lowest BCUT2D eigenvalue weighted by Gasteiger charge is -2.17. The highest BCUT2D eigenvalue weighted by molar-refractivity contribution is 5.32. The van der Waals surface area contributed by atoms with Crippen LogP contribution in [0.2, 0.25) is 0 Å². The van der Waals surface area contributed by atoms with Crippen LogP contribution in [-0.4, -0.2) is 23.4 Å². The van der Waals surface area contributed by atoms with Gasteiger partial charge in [0.25, 0.3) is 5.69 Å². The van der Waals surface area contributed by atoms with Crippen molar-refractivity contribution in [3.63, 3.8) is 0 Å². The Bertz CT molecular complexity index is 360. The third kappa shape index (κ3) is 4.95. The van der Waals surface area contributed by atoms with Gasteiger partial charge >= 0.3 is 0 Å². The summed E-state index contributed by atoms with van der Waals surface area (Å²) in [7, 11) is 2.07. The van der Waals surface area contributed by atoms with Crippen LogP contribution < -0.4 is 0 Å². The van der Waals surface area contributed by atoms with E-state index >= 15 is 0 Å². The lowest BCUT2D eigenvalue weighted by atomic mass is 10.1. The zero-order valence-corrected chi connectivity index (χ0v) is 10.7. The van der Waals surface area contributed by atoms with Crippen molar-refractivity contribution in [1.29, 1.82) is 0 Å². The Hall–Kier alpha value is -1.42. The van der Waals surface area contributed by atoms with Gasteiger partial charge in [-0.3, -0.25) is 10.1 Å². The molecule has 4 nitrogen and oxygen atoms in total. The fourth-order valence-electron chi connectivity index (χ4n) is 1.59. The van der Waals surface area contributed by atoms with E-state index in [1.54, 1.807) is 12.1 Å². The zero-order valence-electron chi connectivity index (χ0n) is 10.7. The van der Waals surface area contributed by atoms with Gasteiger partial charge in [-0.2, -0.15) is 0 Å². The monoisotopic (exact) mass is 236 g/mol. The molecule has 0 aliphatic heterocycles. The molecule has 1 aromatic carbocycles. The first kappa shape index (κ1) is 13.6. The third-order valence-corrected chi connectivity index (χ3v) is 2.69. The predicted molar refractivity (Wildman–Crippen MR) is 68.9 cm³/mol. The van der Waals surface area contributed by atoms with Gasteiger partial charge in [-0.15, -0.1) is 0 Å². The molecular weight excluding hydrogens is 216 g/mol. The molecule has 0 radical (unpaired) electrons. The fraction of sp³-hybridized carbons (Fsp3) is 0.538. The van der Waals surface area contributed by atoms with Gasteiger partial charge < -0.3 is 4.90 Å². The Kier molecular flexibility index (Phi) is 5.10. The predicted octanol–water partition coefficient (Wildman–Crippen LogP) is 3.07. The van der Waals surface area contributed by atoms with Crippen molar-refractivity contribution in [2.24, 2.45) is 5.92 Å². The molecule has 94 valence electrons. The van der Waals surface area contributed by atoms with Crippen LogP contribution in [0.1, 0.15) is 25.8 Å². The summed E-state index contributed by atoms with van der Waals surface area (Å²) < 4.78 is 0. The first-order valence-corrected chi connectivity index (χ1v) is 5.91. The van der Waals surface area contributed by atoms with Crippen LogP contribution in [0.3, 0.4) is 0 Å². The molecule has 0 saturated carbocycles. The maximum atomic E-state index is 10.5. The van der Waals surface area contributed by atoms with Gasteiger partial charge in [0.1, 0.15) is 0 Å². The molecular formula is C13H20N2O2. The van der Waals surface area contributed by atoms with E-state index in [0.29, 0.717) is 5.92 Å². The molecule has 0 fully saturated rings. The minimum atomic E-state index is -0.369. The van der Waals surface area contributed by atoms with Gasteiger partial charge in [-0.05, 0) is 31.5 Å². The highest BCUT2D eigenvalue weighted by Crippen LogP contribution is 2.13. The van der Waals surface area contributed by atoms with Gasteiger partial charge in [0.2, 0.25) is 0 Å². The molecule has 0 bridgehead atoms. The van der Waals surface area contributed by atoms with Gasteiger partial charge in [0.05, 0.1) is 4.92 Å². The van der Waals surface area contributed by atoms with Crippen LogP contribution in [0.4, 0.5) is 5.69 Å². The number of rotatable bonds is 6. The smallest absolute Gasteiger partial charge is 0.269 e. The molecule has 0 amide bonds. The van der Waals surface area contributed by atoms with Crippen molar-refractivity contribution >= 4 is 5.69 Å². The van der Waals surface area contributed by atoms with Crippen molar-refractivity contribution in [2.75, 3.05) is 13.6 Å². The molecule has 0 atom stereocenters. The Morgan fingerprint density at radius 2 is 1.88 bits per heavy atom. The average molecular weight is 236 g/mol. The molecule has 0 aromatic heterocycles. The third-order valence-electron chi connectivity index (χ3n) is 2.69. The summed E-state index contributed by atoms with van der Waals surface area (Å²) in [5.74, 6) is 0.703. The number of nitro groups is 1. The average Bonchev–Trinajstić information content (AvgIpc) is 2.27. The molecule has 1 aromatic rings. The highest BCUT2D eigenvalue weighted by atomic mass is 16.6. The van der Waals surface area contributed by atoms with E-state index in [1.165, 1.54) is 6.42 Å². The van der Waals surface area contributed by atoms with Gasteiger partial charge in [0.15, 0.2) is 0 Å². The number of benzene rings is 1. The van der Waals surface area contributed by atoms with Crippen molar-refractivity contribution in [3.8, 4) is 0 Å². The lowest BCUT2D eigenvalue weighted by molar-refractivity contribution is -0.384. The van der Waals surface area contributed by atoms with Gasteiger partial charge in [-0.1, -0.05) is 26.0 Å². The van der Waals surface area contributed by atoms with E-state index in [1.807, 2.05) is 12.1 Å². The lowest BCUT2D eigenvalue weighted by Crippen LogP contribution is -2.20. The molecule has 17 heavy (non-hydrogen) atoms. The van der Waals surface area contributed by atoms with E-state index in [4.69, 9.17) is 0 Å². The molecule has 0 N–H and O–H groups in total. The Labute approximate surface area is 102 Å². The van der Waals surface area contributed by atoms with Crippen LogP contribution in [0, 0.1) is 16.0 Å². The standard InChI is InChI=1S/C13H20N2O2/c1-11(2)8-9-14(3)10-12-4-6-13(7-5-12)15(16)17/h4-7,11H,8-10H2,1-3H3. The Morgan fingerprint density at radius 1 is 1.29 bits per heavy atom. The molecule has 4 heteroatoms. The second kappa shape index (κ2) is 6.35. The van der Waals surface area contributed by atoms with Crippen LogP contribution in [0.5, 0.6) is 0 Å². The molecule has 0 aliphatic rings. The van der Waals surface area contributed by atoms with Crippen molar-refractivity contribution < 1.29 is 4.92 Å². The summed E-state index contributed by atoms with van der Waals surface area (Å²) in [4.78, 5) is 12.4. The fourth-order valence-corrected chi connectivity index (χ4v) is 1.59. The summed E-state index contributed by atoms with van der Waals surface area (Å²) in [6, 6.07) is 6.77. The molecule has 1 rings (SSSR count). The molecule has 0 spiro atoms. The van der Waals surface area contributed by atoms with Gasteiger partial charge in [-0.25, -0.2) is 0 Å². The quantitative estimate of drug-likeness (QED) is 0.563. The zero-order chi connectivity index (χ0) is 12.8. The summed E-state index contributed by atoms with van der Waals surface area (Å²) >= 11 is 0. The molecule has 0 aliphatic carbocycles. The topological polar surface area (TPSA) is 46.4 Å². The van der Waals surface area contributed by atoms with Crippen LogP contribution in [-0.2, 0) is 6.54 Å². The summed E-state index contributed by atoms with van der Waals surface area (Å²) in [5.41, 5.74) is 1.26. The number of nitro benzene ring substituents is 1. The second-order valence-corrected chi connectivity index (χ2v) is 4.84. The summed E-state index contributed by atoms with van der Waals surface area (Å²) in [6.07, 6.45) is 1.17. The summed E-state index contributed by atoms with van der Waals surface area (Å²) in [5, 5.41) is 10.5. The van der Waals surface area contributed by atoms with E-state index in [9.17, 15) is 10.1 Å². The van der Waals surface area contributed by atoms with Crippen molar-refractivity contribution in [2.45, 2.75) is 26.8 Å². The number of hydrogen-bond donors (Lipinski definition) is 0. The Morgan fingerprint density at radius 3 is 2.35 bits per heavy atom. The largest absolute Gasteiger partial charge is 0.302 e. The van der Waals surface area contributed by atoms with Crippen molar-refractivity contribution in [1.82, 2.24) is 4.90 Å². The number of hydrogen-bond acceptors (Lipinski definition) is 3. The maximum Gasteiger partial charge on any atom is 0.269 e. The first-order chi connectivity index (χ1) is 7.99. The number of non-ortho nitro benzene ring substituents is 1. The number of nitrogens with zero attached hydrogens (tertiary/aromatic N) is 2. The SMILES string of the molecule is CC(C)CCN(C)Cc1ccc([N+](=O)[O-])cc1. The maximum absolute atomic E-state index is 10.5.